The topological polar surface area (TPSA) is 187 Å². The van der Waals surface area contributed by atoms with Gasteiger partial charge in [-0.3, -0.25) is 14.4 Å². The fraction of sp³-hybridized carbons (Fsp3) is 0.581. The molecule has 16 heteroatoms. The average Bonchev–Trinajstić information content (AvgIpc) is 4.07. The highest BCUT2D eigenvalue weighted by Gasteiger charge is 2.40. The predicted molar refractivity (Wildman–Crippen MR) is 221 cm³/mol. The van der Waals surface area contributed by atoms with Crippen molar-refractivity contribution >= 4 is 46.9 Å². The van der Waals surface area contributed by atoms with Crippen LogP contribution in [0, 0.1) is 11.8 Å². The number of ether oxygens (including phenoxy) is 3. The number of carboxylic acid groups (broad SMARTS) is 1. The van der Waals surface area contributed by atoms with E-state index in [1.54, 1.807) is 4.90 Å². The van der Waals surface area contributed by atoms with Gasteiger partial charge in [-0.25, -0.2) is 15.6 Å². The number of likely N-dealkylation sites (tertiary alicyclic amines) is 1. The van der Waals surface area contributed by atoms with Gasteiger partial charge in [-0.1, -0.05) is 0 Å². The molecule has 3 amide bonds. The van der Waals surface area contributed by atoms with Gasteiger partial charge in [0, 0.05) is 20.0 Å². The van der Waals surface area contributed by atoms with E-state index in [2.05, 4.69) is 50.6 Å². The van der Waals surface area contributed by atoms with Crippen LogP contribution in [0.5, 0.6) is 11.5 Å². The second-order valence-corrected chi connectivity index (χ2v) is 18.0. The second kappa shape index (κ2) is 16.0. The molecule has 2 aromatic carbocycles. The minimum atomic E-state index is -0.833. The van der Waals surface area contributed by atoms with Gasteiger partial charge in [0.1, 0.15) is 42.4 Å². The van der Waals surface area contributed by atoms with Gasteiger partial charge in [-0.15, -0.1) is 0 Å². The lowest BCUT2D eigenvalue weighted by molar-refractivity contribution is -0.134. The fourth-order valence-corrected chi connectivity index (χ4v) is 8.45. The van der Waals surface area contributed by atoms with Crippen molar-refractivity contribution in [3.63, 3.8) is 0 Å². The van der Waals surface area contributed by atoms with Gasteiger partial charge in [0.15, 0.2) is 11.7 Å². The molecule has 6 heterocycles. The Balaban J connectivity index is 0.000000154. The van der Waals surface area contributed by atoms with Crippen LogP contribution < -0.4 is 35.4 Å². The quantitative estimate of drug-likeness (QED) is 0.323. The first-order valence-corrected chi connectivity index (χ1v) is 20.9. The van der Waals surface area contributed by atoms with Crippen molar-refractivity contribution in [1.29, 1.82) is 0 Å². The normalized spacial score (nSPS) is 23.1. The van der Waals surface area contributed by atoms with Gasteiger partial charge in [0.25, 0.3) is 17.8 Å². The van der Waals surface area contributed by atoms with Gasteiger partial charge in [-0.05, 0) is 156 Å². The molecule has 2 saturated carbocycles. The first-order valence-electron chi connectivity index (χ1n) is 20.9. The van der Waals surface area contributed by atoms with E-state index in [-0.39, 0.29) is 30.0 Å². The molecule has 2 saturated heterocycles. The van der Waals surface area contributed by atoms with Crippen LogP contribution >= 0.6 is 0 Å². The largest absolute Gasteiger partial charge is 0.483 e. The van der Waals surface area contributed by atoms with E-state index >= 15 is 0 Å². The number of anilines is 2. The Morgan fingerprint density at radius 2 is 1.22 bits per heavy atom. The van der Waals surface area contributed by atoms with Gasteiger partial charge < -0.3 is 39.3 Å². The maximum absolute atomic E-state index is 12.3. The summed E-state index contributed by atoms with van der Waals surface area (Å²) in [4.78, 5) is 51.3. The van der Waals surface area contributed by atoms with Crippen LogP contribution in [0.3, 0.4) is 0 Å². The first-order chi connectivity index (χ1) is 28.1. The van der Waals surface area contributed by atoms with Crippen LogP contribution in [-0.2, 0) is 32.0 Å². The van der Waals surface area contributed by atoms with Crippen LogP contribution in [0.4, 0.5) is 16.2 Å². The standard InChI is InChI=1S/C23H30N4O4.C18H22N4O2.C2H4O2/c1-13-21(28)25-24-20-12-30-19-9-17(15-5-6-15)16(8-18(19)27(13)20)7-14-10-26(11-14)22(29)31-23(2,3)4;1-10-18(23)21-20-17-9-24-16-6-14(12-2-3-12)13(4-11-7-19-8-11)5-15(16)22(10)17;1-2(3)4/h8-9,13-15H,5-7,10-12H2,1-4H3,(H,25,28);5-6,10-12,19H,2-4,7-9H2,1H3,(H,21,23);1H3,(H,3,4)/t13-;10-;/m11./s1. The number of hydrogen-bond donors (Lipinski definition) is 4. The minimum absolute atomic E-state index is 0.0670. The highest BCUT2D eigenvalue weighted by Crippen LogP contribution is 2.49. The number of nitrogens with one attached hydrogen (secondary N) is 3. The lowest BCUT2D eigenvalue weighted by Gasteiger charge is -2.41. The fourth-order valence-electron chi connectivity index (χ4n) is 8.45. The van der Waals surface area contributed by atoms with Crippen LogP contribution in [0.15, 0.2) is 34.5 Å². The van der Waals surface area contributed by atoms with Crippen LogP contribution in [0.1, 0.15) is 101 Å². The number of amides is 3. The number of hydrazone groups is 2. The number of carbonyl (C=O) groups is 4. The smallest absolute Gasteiger partial charge is 0.410 e. The minimum Gasteiger partial charge on any atom is -0.483 e. The molecule has 6 aliphatic heterocycles. The van der Waals surface area contributed by atoms with E-state index in [9.17, 15) is 14.4 Å². The lowest BCUT2D eigenvalue weighted by Crippen LogP contribution is -2.55. The van der Waals surface area contributed by atoms with Crippen molar-refractivity contribution in [2.24, 2.45) is 22.0 Å². The number of aliphatic carboxylic acids is 1. The zero-order chi connectivity index (χ0) is 41.7. The molecule has 8 aliphatic rings. The maximum Gasteiger partial charge on any atom is 0.410 e. The van der Waals surface area contributed by atoms with E-state index in [1.807, 2.05) is 44.4 Å². The predicted octanol–water partition coefficient (Wildman–Crippen LogP) is 4.45. The third-order valence-electron chi connectivity index (χ3n) is 11.9. The van der Waals surface area contributed by atoms with Gasteiger partial charge in [0.05, 0.1) is 11.4 Å². The Morgan fingerprint density at radius 3 is 1.61 bits per heavy atom. The zero-order valence-electron chi connectivity index (χ0n) is 34.8. The molecule has 4 N–H and O–H groups in total. The summed E-state index contributed by atoms with van der Waals surface area (Å²) in [6.45, 7) is 14.9. The van der Waals surface area contributed by atoms with Gasteiger partial charge >= 0.3 is 6.09 Å². The molecule has 4 fully saturated rings. The molecule has 2 aromatic rings. The number of fused-ring (bicyclic) bond motifs is 6. The Bertz CT molecular complexity index is 2080. The number of nitrogens with zero attached hydrogens (tertiary/aromatic N) is 5. The molecule has 2 aliphatic carbocycles. The van der Waals surface area contributed by atoms with E-state index in [0.29, 0.717) is 44.1 Å². The third-order valence-corrected chi connectivity index (χ3v) is 11.9. The summed E-state index contributed by atoms with van der Waals surface area (Å²) < 4.78 is 17.4. The number of rotatable bonds is 6. The summed E-state index contributed by atoms with van der Waals surface area (Å²) in [6.07, 6.45) is 6.74. The molecule has 0 unspecified atom stereocenters. The molecule has 16 nitrogen and oxygen atoms in total. The van der Waals surface area contributed by atoms with E-state index in [4.69, 9.17) is 24.1 Å². The molecule has 0 bridgehead atoms. The van der Waals surface area contributed by atoms with E-state index in [0.717, 1.165) is 73.3 Å². The van der Waals surface area contributed by atoms with Crippen molar-refractivity contribution in [3.05, 3.63) is 46.5 Å². The van der Waals surface area contributed by atoms with Crippen LogP contribution in [0.25, 0.3) is 0 Å². The summed E-state index contributed by atoms with van der Waals surface area (Å²) in [5.41, 5.74) is 12.1. The van der Waals surface area contributed by atoms with Gasteiger partial charge in [-0.2, -0.15) is 10.2 Å². The summed E-state index contributed by atoms with van der Waals surface area (Å²) >= 11 is 0. The molecular formula is C43H56N8O8. The molecule has 0 spiro atoms. The number of hydrogen-bond acceptors (Lipinski definition) is 12. The Morgan fingerprint density at radius 1 is 0.780 bits per heavy atom. The van der Waals surface area contributed by atoms with Crippen molar-refractivity contribution in [1.82, 2.24) is 21.1 Å². The van der Waals surface area contributed by atoms with Crippen molar-refractivity contribution in [3.8, 4) is 11.5 Å². The Hall–Kier alpha value is -5.38. The molecule has 316 valence electrons. The van der Waals surface area contributed by atoms with Crippen LogP contribution in [0.2, 0.25) is 0 Å². The summed E-state index contributed by atoms with van der Waals surface area (Å²) in [7, 11) is 0. The highest BCUT2D eigenvalue weighted by atomic mass is 16.6. The van der Waals surface area contributed by atoms with Crippen molar-refractivity contribution < 1.29 is 38.5 Å². The van der Waals surface area contributed by atoms with Crippen LogP contribution in [-0.4, -0.2) is 103 Å². The number of carbonyl (C=O) groups excluding carboxylic acids is 3. The lowest BCUT2D eigenvalue weighted by atomic mass is 9.88. The number of carboxylic acids is 1. The van der Waals surface area contributed by atoms with Crippen molar-refractivity contribution in [2.45, 2.75) is 110 Å². The van der Waals surface area contributed by atoms with Gasteiger partial charge in [0.2, 0.25) is 0 Å². The summed E-state index contributed by atoms with van der Waals surface area (Å²) in [5.74, 6) is 4.63. The Labute approximate surface area is 344 Å². The molecule has 59 heavy (non-hydrogen) atoms. The molecule has 0 radical (unpaired) electrons. The zero-order valence-corrected chi connectivity index (χ0v) is 34.8. The second-order valence-electron chi connectivity index (χ2n) is 18.0. The monoisotopic (exact) mass is 812 g/mol. The molecular weight excluding hydrogens is 757 g/mol. The van der Waals surface area contributed by atoms with E-state index < -0.39 is 11.6 Å². The van der Waals surface area contributed by atoms with E-state index in [1.165, 1.54) is 47.9 Å². The number of benzene rings is 2. The number of amidine groups is 2. The SMILES string of the molecule is CC(=O)O.C[C@@H]1C(=O)NN=C2COc3cc(C4CC4)c(CC4CN(C(=O)OC(C)(C)C)C4)cc3N21.C[C@@H]1C(=O)NN=C2COc3cc(C4CC4)c(CC4CNC4)cc3N21. The summed E-state index contributed by atoms with van der Waals surface area (Å²) in [5, 5.41) is 19.1. The summed E-state index contributed by atoms with van der Waals surface area (Å²) in [6, 6.07) is 8.24. The maximum atomic E-state index is 12.3. The molecule has 10 rings (SSSR count). The Kier molecular flexibility index (Phi) is 11.0. The first kappa shape index (κ1) is 40.4. The average molecular weight is 813 g/mol. The molecule has 2 atom stereocenters. The third kappa shape index (κ3) is 8.82. The van der Waals surface area contributed by atoms with Crippen molar-refractivity contribution in [2.75, 3.05) is 49.2 Å². The molecule has 0 aromatic heterocycles. The highest BCUT2D eigenvalue weighted by molar-refractivity contribution is 6.10.